The number of carbonyl (C=O) groups excluding carboxylic acids is 1. The van der Waals surface area contributed by atoms with Gasteiger partial charge < -0.3 is 0 Å². The summed E-state index contributed by atoms with van der Waals surface area (Å²) in [5.41, 5.74) is 0.989. The van der Waals surface area contributed by atoms with Crippen molar-refractivity contribution < 1.29 is 13.2 Å². The van der Waals surface area contributed by atoms with Crippen LogP contribution < -0.4 is 0 Å². The second kappa shape index (κ2) is 3.47. The van der Waals surface area contributed by atoms with Crippen LogP contribution in [0.15, 0.2) is 11.4 Å². The second-order valence-electron chi connectivity index (χ2n) is 3.32. The highest BCUT2D eigenvalue weighted by molar-refractivity contribution is 8.12. The molecule has 0 aromatic carbocycles. The molecular formula is C8H8ClNO3S2. The number of nitrogens with zero attached hydrogens (tertiary/aromatic N) is 1. The third-order valence-corrected chi connectivity index (χ3v) is 4.83. The molecule has 0 saturated carbocycles. The maximum atomic E-state index is 11.2. The number of hydrogen-bond acceptors (Lipinski definition) is 4. The quantitative estimate of drug-likeness (QED) is 0.605. The van der Waals surface area contributed by atoms with E-state index in [1.807, 2.05) is 18.4 Å². The minimum atomic E-state index is -3.94. The van der Waals surface area contributed by atoms with E-state index in [1.54, 1.807) is 0 Å². The SMILES string of the molecule is Cc1ccsc1C1CC(=O)N1S(=O)(=O)Cl. The Kier molecular flexibility index (Phi) is 2.52. The van der Waals surface area contributed by atoms with Gasteiger partial charge in [-0.2, -0.15) is 8.42 Å². The lowest BCUT2D eigenvalue weighted by Crippen LogP contribution is -2.47. The van der Waals surface area contributed by atoms with E-state index in [2.05, 4.69) is 0 Å². The fourth-order valence-corrected chi connectivity index (χ4v) is 4.00. The van der Waals surface area contributed by atoms with Gasteiger partial charge in [0.1, 0.15) is 0 Å². The summed E-state index contributed by atoms with van der Waals surface area (Å²) in [6, 6.07) is 1.49. The van der Waals surface area contributed by atoms with E-state index in [-0.39, 0.29) is 6.42 Å². The average molecular weight is 266 g/mol. The zero-order valence-corrected chi connectivity index (χ0v) is 10.2. The topological polar surface area (TPSA) is 54.5 Å². The van der Waals surface area contributed by atoms with Crippen LogP contribution in [0.1, 0.15) is 22.9 Å². The summed E-state index contributed by atoms with van der Waals surface area (Å²) in [4.78, 5) is 12.0. The van der Waals surface area contributed by atoms with Gasteiger partial charge in [0, 0.05) is 15.6 Å². The van der Waals surface area contributed by atoms with Crippen LogP contribution in [0, 0.1) is 6.92 Å². The Labute approximate surface area is 96.0 Å². The van der Waals surface area contributed by atoms with Crippen molar-refractivity contribution in [3.63, 3.8) is 0 Å². The van der Waals surface area contributed by atoms with Crippen molar-refractivity contribution >= 4 is 37.2 Å². The monoisotopic (exact) mass is 265 g/mol. The van der Waals surface area contributed by atoms with Crippen LogP contribution >= 0.6 is 22.0 Å². The number of amides is 1. The fourth-order valence-electron chi connectivity index (χ4n) is 1.60. The Hall–Kier alpha value is -0.590. The van der Waals surface area contributed by atoms with Crippen LogP contribution in [0.3, 0.4) is 0 Å². The lowest BCUT2D eigenvalue weighted by atomic mass is 10.0. The first-order chi connectivity index (χ1) is 6.91. The maximum absolute atomic E-state index is 11.2. The molecule has 1 aliphatic heterocycles. The van der Waals surface area contributed by atoms with Gasteiger partial charge in [-0.05, 0) is 23.9 Å². The molecule has 2 heterocycles. The number of aryl methyl sites for hydroxylation is 1. The lowest BCUT2D eigenvalue weighted by molar-refractivity contribution is -0.137. The number of thiophene rings is 1. The van der Waals surface area contributed by atoms with E-state index in [0.29, 0.717) is 0 Å². The summed E-state index contributed by atoms with van der Waals surface area (Å²) < 4.78 is 23.0. The van der Waals surface area contributed by atoms with Gasteiger partial charge in [0.2, 0.25) is 5.91 Å². The van der Waals surface area contributed by atoms with E-state index >= 15 is 0 Å². The maximum Gasteiger partial charge on any atom is 0.324 e. The van der Waals surface area contributed by atoms with Gasteiger partial charge in [0.25, 0.3) is 0 Å². The Morgan fingerprint density at radius 1 is 1.60 bits per heavy atom. The van der Waals surface area contributed by atoms with E-state index in [4.69, 9.17) is 10.7 Å². The first-order valence-corrected chi connectivity index (χ1v) is 7.36. The van der Waals surface area contributed by atoms with Gasteiger partial charge in [-0.3, -0.25) is 4.79 Å². The smallest absolute Gasteiger partial charge is 0.274 e. The minimum Gasteiger partial charge on any atom is -0.274 e. The van der Waals surface area contributed by atoms with Crippen LogP contribution in [0.5, 0.6) is 0 Å². The molecule has 0 spiro atoms. The summed E-state index contributed by atoms with van der Waals surface area (Å²) in [5.74, 6) is -0.442. The van der Waals surface area contributed by atoms with Crippen LogP contribution in [0.4, 0.5) is 0 Å². The minimum absolute atomic E-state index is 0.216. The standard InChI is InChI=1S/C8H8ClNO3S2/c1-5-2-3-14-8(5)6-4-7(11)10(6)15(9,12)13/h2-3,6H,4H2,1H3. The predicted octanol–water partition coefficient (Wildman–Crippen LogP) is 1.81. The molecule has 1 unspecified atom stereocenters. The Balaban J connectivity index is 2.35. The molecule has 1 aromatic rings. The molecule has 1 saturated heterocycles. The molecule has 2 rings (SSSR count). The number of rotatable bonds is 2. The zero-order chi connectivity index (χ0) is 11.2. The number of halogens is 1. The van der Waals surface area contributed by atoms with Crippen molar-refractivity contribution in [1.82, 2.24) is 4.31 Å². The molecule has 0 bridgehead atoms. The predicted molar refractivity (Wildman–Crippen MR) is 58.0 cm³/mol. The fraction of sp³-hybridized carbons (Fsp3) is 0.375. The largest absolute Gasteiger partial charge is 0.324 e. The molecule has 82 valence electrons. The average Bonchev–Trinajstić information content (AvgIpc) is 2.43. The molecule has 0 aliphatic carbocycles. The molecule has 7 heteroatoms. The van der Waals surface area contributed by atoms with Gasteiger partial charge >= 0.3 is 9.24 Å². The van der Waals surface area contributed by atoms with Crippen molar-refractivity contribution in [2.45, 2.75) is 19.4 Å². The third-order valence-electron chi connectivity index (χ3n) is 2.34. The van der Waals surface area contributed by atoms with Crippen molar-refractivity contribution in [3.8, 4) is 0 Å². The lowest BCUT2D eigenvalue weighted by Gasteiger charge is -2.36. The van der Waals surface area contributed by atoms with Gasteiger partial charge in [-0.1, -0.05) is 0 Å². The van der Waals surface area contributed by atoms with Gasteiger partial charge in [-0.25, -0.2) is 4.31 Å². The molecule has 1 atom stereocenters. The van der Waals surface area contributed by atoms with Gasteiger partial charge in [0.15, 0.2) is 0 Å². The van der Waals surface area contributed by atoms with E-state index in [1.165, 1.54) is 11.3 Å². The van der Waals surface area contributed by atoms with E-state index < -0.39 is 21.2 Å². The first kappa shape index (κ1) is 10.9. The van der Waals surface area contributed by atoms with Gasteiger partial charge in [-0.15, -0.1) is 11.3 Å². The van der Waals surface area contributed by atoms with Crippen molar-refractivity contribution in [3.05, 3.63) is 21.9 Å². The highest BCUT2D eigenvalue weighted by Crippen LogP contribution is 2.41. The normalized spacial score (nSPS) is 21.6. The molecule has 1 amide bonds. The second-order valence-corrected chi connectivity index (χ2v) is 6.65. The third kappa shape index (κ3) is 1.77. The summed E-state index contributed by atoms with van der Waals surface area (Å²) in [6.07, 6.45) is 0.216. The van der Waals surface area contributed by atoms with Crippen LogP contribution in [0.25, 0.3) is 0 Å². The van der Waals surface area contributed by atoms with E-state index in [9.17, 15) is 13.2 Å². The molecule has 0 radical (unpaired) electrons. The van der Waals surface area contributed by atoms with Crippen molar-refractivity contribution in [2.24, 2.45) is 0 Å². The van der Waals surface area contributed by atoms with Crippen LogP contribution in [0.2, 0.25) is 0 Å². The molecular weight excluding hydrogens is 258 g/mol. The highest BCUT2D eigenvalue weighted by Gasteiger charge is 2.45. The molecule has 15 heavy (non-hydrogen) atoms. The molecule has 0 N–H and O–H groups in total. The van der Waals surface area contributed by atoms with Crippen LogP contribution in [-0.4, -0.2) is 18.6 Å². The van der Waals surface area contributed by atoms with Crippen molar-refractivity contribution in [1.29, 1.82) is 0 Å². The molecule has 1 aliphatic rings. The summed E-state index contributed by atoms with van der Waals surface area (Å²) in [5, 5.41) is 1.87. The first-order valence-electron chi connectivity index (χ1n) is 4.22. The molecule has 1 fully saturated rings. The Morgan fingerprint density at radius 3 is 2.67 bits per heavy atom. The molecule has 1 aromatic heterocycles. The van der Waals surface area contributed by atoms with E-state index in [0.717, 1.165) is 14.7 Å². The Morgan fingerprint density at radius 2 is 2.27 bits per heavy atom. The van der Waals surface area contributed by atoms with Gasteiger partial charge in [0.05, 0.1) is 12.5 Å². The number of β-lactam (4-membered cyclic amide) rings is 1. The van der Waals surface area contributed by atoms with Crippen molar-refractivity contribution in [2.75, 3.05) is 0 Å². The van der Waals surface area contributed by atoms with Crippen LogP contribution in [-0.2, 0) is 14.0 Å². The summed E-state index contributed by atoms with van der Waals surface area (Å²) >= 11 is 1.44. The number of carbonyl (C=O) groups is 1. The number of hydrogen-bond donors (Lipinski definition) is 0. The summed E-state index contributed by atoms with van der Waals surface area (Å²) in [7, 11) is 1.23. The summed E-state index contributed by atoms with van der Waals surface area (Å²) in [6.45, 7) is 1.88. The zero-order valence-electron chi connectivity index (χ0n) is 7.81. The Bertz CT molecular complexity index is 508. The molecule has 4 nitrogen and oxygen atoms in total. The highest BCUT2D eigenvalue weighted by atomic mass is 35.7.